The summed E-state index contributed by atoms with van der Waals surface area (Å²) in [5.74, 6) is 0.436. The van der Waals surface area contributed by atoms with Gasteiger partial charge in [0.1, 0.15) is 11.0 Å². The molecule has 0 fully saturated rings. The second-order valence-corrected chi connectivity index (χ2v) is 7.39. The minimum absolute atomic E-state index is 0.0147. The average molecular weight is 371 g/mol. The van der Waals surface area contributed by atoms with Gasteiger partial charge in [-0.05, 0) is 47.9 Å². The number of amides is 1. The van der Waals surface area contributed by atoms with E-state index in [0.717, 1.165) is 23.3 Å². The molecule has 1 aliphatic heterocycles. The highest BCUT2D eigenvalue weighted by Crippen LogP contribution is 2.37. The van der Waals surface area contributed by atoms with Gasteiger partial charge < -0.3 is 15.2 Å². The lowest BCUT2D eigenvalue weighted by Gasteiger charge is -2.26. The number of ether oxygens (including phenoxy) is 1. The fraction of sp³-hybridized carbons (Fsp3) is 0.300. The summed E-state index contributed by atoms with van der Waals surface area (Å²) in [5.41, 5.74) is 3.29. The van der Waals surface area contributed by atoms with Crippen LogP contribution in [0.3, 0.4) is 0 Å². The van der Waals surface area contributed by atoms with Gasteiger partial charge in [-0.3, -0.25) is 4.79 Å². The van der Waals surface area contributed by atoms with Crippen molar-refractivity contribution in [3.05, 3.63) is 65.2 Å². The number of aryl methyl sites for hydroxylation is 1. The van der Waals surface area contributed by atoms with Crippen molar-refractivity contribution in [3.63, 3.8) is 0 Å². The first-order chi connectivity index (χ1) is 12.5. The van der Waals surface area contributed by atoms with Crippen LogP contribution in [-0.4, -0.2) is 29.3 Å². The number of carbonyl (C=O) groups excluding carboxylic acids is 1. The first-order valence-corrected chi connectivity index (χ1v) is 9.54. The van der Waals surface area contributed by atoms with Crippen molar-refractivity contribution in [1.82, 2.24) is 5.32 Å². The third-order valence-electron chi connectivity index (χ3n) is 4.33. The first-order valence-electron chi connectivity index (χ1n) is 8.49. The van der Waals surface area contributed by atoms with Crippen LogP contribution in [0.1, 0.15) is 34.9 Å². The summed E-state index contributed by atoms with van der Waals surface area (Å²) in [5, 5.41) is 11.5. The van der Waals surface area contributed by atoms with Crippen LogP contribution in [0.15, 0.2) is 48.5 Å². The van der Waals surface area contributed by atoms with Crippen molar-refractivity contribution in [3.8, 4) is 5.75 Å². The number of nitrogens with one attached hydrogen (secondary N) is 1. The molecule has 1 aliphatic rings. The Labute approximate surface area is 156 Å². The Kier molecular flexibility index (Phi) is 5.83. The zero-order valence-corrected chi connectivity index (χ0v) is 15.3. The van der Waals surface area contributed by atoms with E-state index in [-0.39, 0.29) is 23.8 Å². The number of carboxylic acid groups (broad SMARTS) is 1. The molecule has 0 saturated heterocycles. The van der Waals surface area contributed by atoms with Crippen molar-refractivity contribution < 1.29 is 19.4 Å². The summed E-state index contributed by atoms with van der Waals surface area (Å²) >= 11 is 1.68. The van der Waals surface area contributed by atoms with Crippen molar-refractivity contribution in [1.29, 1.82) is 0 Å². The van der Waals surface area contributed by atoms with E-state index in [1.54, 1.807) is 23.9 Å². The van der Waals surface area contributed by atoms with Crippen molar-refractivity contribution in [2.24, 2.45) is 0 Å². The Morgan fingerprint density at radius 1 is 1.23 bits per heavy atom. The normalized spacial score (nSPS) is 17.0. The molecule has 1 heterocycles. The van der Waals surface area contributed by atoms with Gasteiger partial charge in [0.05, 0.1) is 6.04 Å². The van der Waals surface area contributed by atoms with E-state index in [1.807, 2.05) is 37.3 Å². The summed E-state index contributed by atoms with van der Waals surface area (Å²) in [6.45, 7) is 1.56. The molecule has 1 amide bonds. The lowest BCUT2D eigenvalue weighted by atomic mass is 10.0. The number of hydrogen-bond acceptors (Lipinski definition) is 4. The number of rotatable bonds is 6. The second-order valence-electron chi connectivity index (χ2n) is 6.18. The summed E-state index contributed by atoms with van der Waals surface area (Å²) in [6.07, 6.45) is 0.998. The van der Waals surface area contributed by atoms with Gasteiger partial charge in [0, 0.05) is 0 Å². The summed E-state index contributed by atoms with van der Waals surface area (Å²) < 4.78 is 5.13. The highest BCUT2D eigenvalue weighted by atomic mass is 32.2. The molecule has 2 aromatic carbocycles. The van der Waals surface area contributed by atoms with E-state index in [2.05, 4.69) is 11.4 Å². The maximum Gasteiger partial charge on any atom is 0.341 e. The van der Waals surface area contributed by atoms with Crippen molar-refractivity contribution in [2.45, 2.75) is 24.6 Å². The highest BCUT2D eigenvalue weighted by molar-refractivity contribution is 8.00. The molecule has 0 radical (unpaired) electrons. The summed E-state index contributed by atoms with van der Waals surface area (Å²) in [6, 6.07) is 15.1. The Hall–Kier alpha value is -2.47. The van der Waals surface area contributed by atoms with Gasteiger partial charge in [-0.15, -0.1) is 11.8 Å². The molecule has 6 heteroatoms. The molecule has 0 aliphatic carbocycles. The third-order valence-corrected chi connectivity index (χ3v) is 5.57. The fourth-order valence-corrected chi connectivity index (χ4v) is 4.18. The van der Waals surface area contributed by atoms with Gasteiger partial charge in [0.15, 0.2) is 6.61 Å². The van der Waals surface area contributed by atoms with E-state index in [0.29, 0.717) is 5.75 Å². The Balaban J connectivity index is 1.64. The van der Waals surface area contributed by atoms with Gasteiger partial charge in [-0.2, -0.15) is 0 Å². The molecule has 3 rings (SSSR count). The predicted octanol–water partition coefficient (Wildman–Crippen LogP) is 3.36. The largest absolute Gasteiger partial charge is 0.482 e. The number of carbonyl (C=O) groups is 2. The Morgan fingerprint density at radius 2 is 1.96 bits per heavy atom. The van der Waals surface area contributed by atoms with Crippen molar-refractivity contribution in [2.75, 3.05) is 12.4 Å². The van der Waals surface area contributed by atoms with Gasteiger partial charge in [0.25, 0.3) is 0 Å². The number of thioether (sulfide) groups is 1. The number of carboxylic acids is 1. The number of fused-ring (bicyclic) bond motifs is 1. The van der Waals surface area contributed by atoms with Crippen LogP contribution in [0.2, 0.25) is 0 Å². The average Bonchev–Trinajstić information content (AvgIpc) is 2.66. The molecule has 2 atom stereocenters. The van der Waals surface area contributed by atoms with E-state index in [4.69, 9.17) is 9.84 Å². The van der Waals surface area contributed by atoms with E-state index in [1.165, 1.54) is 5.56 Å². The van der Waals surface area contributed by atoms with E-state index >= 15 is 0 Å². The monoisotopic (exact) mass is 371 g/mol. The molecule has 0 bridgehead atoms. The third kappa shape index (κ3) is 4.38. The minimum Gasteiger partial charge on any atom is -0.482 e. The molecule has 2 N–H and O–H groups in total. The standard InChI is InChI=1S/C20H21NO4S/c1-13(14-6-8-16(9-7-14)25-12-18(22)23)21-20(24)19-17-5-3-2-4-15(17)10-11-26-19/h2-9,13,19H,10-12H2,1H3,(H,21,24)(H,22,23). The summed E-state index contributed by atoms with van der Waals surface area (Å²) in [7, 11) is 0. The quantitative estimate of drug-likeness (QED) is 0.814. The molecule has 5 nitrogen and oxygen atoms in total. The predicted molar refractivity (Wildman–Crippen MR) is 101 cm³/mol. The van der Waals surface area contributed by atoms with Gasteiger partial charge in [0.2, 0.25) is 5.91 Å². The number of benzene rings is 2. The Morgan fingerprint density at radius 3 is 2.69 bits per heavy atom. The molecule has 2 unspecified atom stereocenters. The lowest BCUT2D eigenvalue weighted by Crippen LogP contribution is -2.32. The van der Waals surface area contributed by atoms with Crippen molar-refractivity contribution >= 4 is 23.6 Å². The zero-order valence-electron chi connectivity index (χ0n) is 14.5. The Bertz CT molecular complexity index is 791. The van der Waals surface area contributed by atoms with Crippen LogP contribution in [-0.2, 0) is 16.0 Å². The molecular weight excluding hydrogens is 350 g/mol. The molecular formula is C20H21NO4S. The van der Waals surface area contributed by atoms with Crippen LogP contribution in [0.4, 0.5) is 0 Å². The number of hydrogen-bond donors (Lipinski definition) is 2. The van der Waals surface area contributed by atoms with E-state index in [9.17, 15) is 9.59 Å². The smallest absolute Gasteiger partial charge is 0.341 e. The lowest BCUT2D eigenvalue weighted by molar-refractivity contribution is -0.139. The molecule has 0 aromatic heterocycles. The highest BCUT2D eigenvalue weighted by Gasteiger charge is 2.27. The maximum atomic E-state index is 12.8. The molecule has 0 saturated carbocycles. The maximum absolute atomic E-state index is 12.8. The minimum atomic E-state index is -1.01. The van der Waals surface area contributed by atoms with Crippen LogP contribution in [0.25, 0.3) is 0 Å². The van der Waals surface area contributed by atoms with E-state index < -0.39 is 5.97 Å². The topological polar surface area (TPSA) is 75.6 Å². The van der Waals surface area contributed by atoms with Crippen LogP contribution in [0, 0.1) is 0 Å². The fourth-order valence-electron chi connectivity index (χ4n) is 2.98. The molecule has 0 spiro atoms. The first kappa shape index (κ1) is 18.3. The van der Waals surface area contributed by atoms with Crippen LogP contribution < -0.4 is 10.1 Å². The molecule has 26 heavy (non-hydrogen) atoms. The SMILES string of the molecule is CC(NC(=O)C1SCCc2ccccc21)c1ccc(OCC(=O)O)cc1. The zero-order chi connectivity index (χ0) is 18.5. The second kappa shape index (κ2) is 8.27. The number of aliphatic carboxylic acids is 1. The van der Waals surface area contributed by atoms with Crippen LogP contribution in [0.5, 0.6) is 5.75 Å². The van der Waals surface area contributed by atoms with Gasteiger partial charge in [-0.25, -0.2) is 4.79 Å². The van der Waals surface area contributed by atoms with Gasteiger partial charge >= 0.3 is 5.97 Å². The molecule has 136 valence electrons. The van der Waals surface area contributed by atoms with Crippen LogP contribution >= 0.6 is 11.8 Å². The van der Waals surface area contributed by atoms with Gasteiger partial charge in [-0.1, -0.05) is 36.4 Å². The summed E-state index contributed by atoms with van der Waals surface area (Å²) in [4.78, 5) is 23.3. The molecule has 2 aromatic rings.